The van der Waals surface area contributed by atoms with Crippen LogP contribution < -0.4 is 0 Å². The van der Waals surface area contributed by atoms with Crippen LogP contribution in [0.4, 0.5) is 4.39 Å². The predicted molar refractivity (Wildman–Crippen MR) is 102 cm³/mol. The number of hydrogen-bond donors (Lipinski definition) is 0. The highest BCUT2D eigenvalue weighted by atomic mass is 19.1. The van der Waals surface area contributed by atoms with Crippen molar-refractivity contribution in [3.05, 3.63) is 35.6 Å². The summed E-state index contributed by atoms with van der Waals surface area (Å²) < 4.78 is 13.4. The van der Waals surface area contributed by atoms with E-state index in [1.54, 1.807) is 12.1 Å². The van der Waals surface area contributed by atoms with Crippen molar-refractivity contribution in [3.8, 4) is 0 Å². The second-order valence-electron chi connectivity index (χ2n) is 9.07. The quantitative estimate of drug-likeness (QED) is 0.816. The lowest BCUT2D eigenvalue weighted by atomic mass is 9.85. The van der Waals surface area contributed by atoms with Crippen molar-refractivity contribution in [3.63, 3.8) is 0 Å². The van der Waals surface area contributed by atoms with Gasteiger partial charge in [0.25, 0.3) is 0 Å². The summed E-state index contributed by atoms with van der Waals surface area (Å²) in [7, 11) is 0. The van der Waals surface area contributed by atoms with Crippen LogP contribution in [0.5, 0.6) is 0 Å². The molecule has 1 unspecified atom stereocenters. The fourth-order valence-electron chi connectivity index (χ4n) is 5.13. The number of rotatable bonds is 3. The predicted octanol–water partition coefficient (Wildman–Crippen LogP) is 3.35. The van der Waals surface area contributed by atoms with Gasteiger partial charge in [0.05, 0.1) is 5.41 Å². The third-order valence-electron chi connectivity index (χ3n) is 6.99. The third kappa shape index (κ3) is 3.05. The van der Waals surface area contributed by atoms with Gasteiger partial charge in [-0.1, -0.05) is 26.0 Å². The summed E-state index contributed by atoms with van der Waals surface area (Å²) in [5.41, 5.74) is 0.241. The third-order valence-corrected chi connectivity index (χ3v) is 6.99. The summed E-state index contributed by atoms with van der Waals surface area (Å²) in [6.07, 6.45) is 4.51. The number of amides is 2. The summed E-state index contributed by atoms with van der Waals surface area (Å²) >= 11 is 0. The monoisotopic (exact) mass is 372 g/mol. The second-order valence-corrected chi connectivity index (χ2v) is 9.07. The Bertz CT molecular complexity index is 731. The van der Waals surface area contributed by atoms with E-state index >= 15 is 0 Å². The Morgan fingerprint density at radius 1 is 0.963 bits per heavy atom. The van der Waals surface area contributed by atoms with Gasteiger partial charge in [-0.25, -0.2) is 4.39 Å². The van der Waals surface area contributed by atoms with Gasteiger partial charge in [0.15, 0.2) is 0 Å². The fourth-order valence-corrected chi connectivity index (χ4v) is 5.13. The van der Waals surface area contributed by atoms with Crippen molar-refractivity contribution in [2.75, 3.05) is 26.2 Å². The van der Waals surface area contributed by atoms with E-state index in [1.165, 1.54) is 12.1 Å². The van der Waals surface area contributed by atoms with Crippen LogP contribution in [-0.4, -0.2) is 47.8 Å². The maximum Gasteiger partial charge on any atom is 0.233 e. The van der Waals surface area contributed by atoms with Crippen LogP contribution >= 0.6 is 0 Å². The van der Waals surface area contributed by atoms with Gasteiger partial charge in [0.1, 0.15) is 5.82 Å². The molecule has 0 spiro atoms. The second kappa shape index (κ2) is 6.61. The first-order valence-electron chi connectivity index (χ1n) is 10.2. The molecule has 2 amide bonds. The number of piperidine rings is 1. The van der Waals surface area contributed by atoms with Gasteiger partial charge in [-0.2, -0.15) is 0 Å². The number of halogens is 1. The van der Waals surface area contributed by atoms with E-state index in [4.69, 9.17) is 0 Å². The molecule has 4 nitrogen and oxygen atoms in total. The van der Waals surface area contributed by atoms with Crippen LogP contribution in [0.1, 0.15) is 51.5 Å². The van der Waals surface area contributed by atoms with Gasteiger partial charge in [-0.15, -0.1) is 0 Å². The molecule has 146 valence electrons. The van der Waals surface area contributed by atoms with Crippen molar-refractivity contribution >= 4 is 11.8 Å². The molecule has 3 fully saturated rings. The van der Waals surface area contributed by atoms with Crippen molar-refractivity contribution in [2.45, 2.75) is 51.4 Å². The molecule has 27 heavy (non-hydrogen) atoms. The zero-order chi connectivity index (χ0) is 19.2. The average molecular weight is 372 g/mol. The molecule has 3 aliphatic rings. The largest absolute Gasteiger partial charge is 0.342 e. The lowest BCUT2D eigenvalue weighted by Gasteiger charge is -2.36. The molecule has 4 rings (SSSR count). The molecule has 1 aromatic rings. The molecule has 0 bridgehead atoms. The van der Waals surface area contributed by atoms with Gasteiger partial charge < -0.3 is 9.80 Å². The van der Waals surface area contributed by atoms with Gasteiger partial charge >= 0.3 is 0 Å². The Labute approximate surface area is 160 Å². The number of carbonyl (C=O) groups excluding carboxylic acids is 2. The Morgan fingerprint density at radius 2 is 1.52 bits per heavy atom. The smallest absolute Gasteiger partial charge is 0.233 e. The number of benzene rings is 1. The molecule has 1 atom stereocenters. The van der Waals surface area contributed by atoms with Crippen molar-refractivity contribution in [1.29, 1.82) is 0 Å². The van der Waals surface area contributed by atoms with E-state index in [1.807, 2.05) is 9.80 Å². The normalized spacial score (nSPS) is 27.7. The van der Waals surface area contributed by atoms with E-state index in [2.05, 4.69) is 13.8 Å². The maximum absolute atomic E-state index is 13.5. The fraction of sp³-hybridized carbons (Fsp3) is 0.636. The Kier molecular flexibility index (Phi) is 4.52. The molecular weight excluding hydrogens is 343 g/mol. The minimum absolute atomic E-state index is 0.0566. The van der Waals surface area contributed by atoms with Crippen LogP contribution in [0.3, 0.4) is 0 Å². The molecule has 1 saturated carbocycles. The van der Waals surface area contributed by atoms with Gasteiger partial charge in [-0.05, 0) is 55.2 Å². The lowest BCUT2D eigenvalue weighted by molar-refractivity contribution is -0.141. The highest BCUT2D eigenvalue weighted by Gasteiger charge is 2.68. The van der Waals surface area contributed by atoms with Crippen LogP contribution in [0, 0.1) is 17.2 Å². The standard InChI is InChI=1S/C22H29FN2O2/c1-21(2)15-22(21,17-5-7-18(23)8-6-17)20(27)25-13-9-16(10-14-25)19(26)24-11-3-4-12-24/h5-8,16H,3-4,9-15H2,1-2H3. The van der Waals surface area contributed by atoms with Gasteiger partial charge in [0, 0.05) is 32.1 Å². The van der Waals surface area contributed by atoms with Crippen molar-refractivity contribution in [1.82, 2.24) is 9.80 Å². The zero-order valence-electron chi connectivity index (χ0n) is 16.3. The highest BCUT2D eigenvalue weighted by molar-refractivity contribution is 5.93. The molecule has 2 aliphatic heterocycles. The van der Waals surface area contributed by atoms with E-state index in [9.17, 15) is 14.0 Å². The van der Waals surface area contributed by atoms with E-state index in [-0.39, 0.29) is 29.0 Å². The average Bonchev–Trinajstić information content (AvgIpc) is 3.02. The summed E-state index contributed by atoms with van der Waals surface area (Å²) in [4.78, 5) is 30.0. The van der Waals surface area contributed by atoms with Gasteiger partial charge in [0.2, 0.25) is 11.8 Å². The number of nitrogens with zero attached hydrogens (tertiary/aromatic N) is 2. The van der Waals surface area contributed by atoms with E-state index in [0.29, 0.717) is 13.1 Å². The SMILES string of the molecule is CC1(C)CC1(C(=O)N1CCC(C(=O)N2CCCC2)CC1)c1ccc(F)cc1. The highest BCUT2D eigenvalue weighted by Crippen LogP contribution is 2.65. The van der Waals surface area contributed by atoms with Crippen molar-refractivity contribution < 1.29 is 14.0 Å². The first-order chi connectivity index (χ1) is 12.8. The van der Waals surface area contributed by atoms with Gasteiger partial charge in [-0.3, -0.25) is 9.59 Å². The Morgan fingerprint density at radius 3 is 2.04 bits per heavy atom. The number of hydrogen-bond acceptors (Lipinski definition) is 2. The Balaban J connectivity index is 1.45. The molecule has 5 heteroatoms. The topological polar surface area (TPSA) is 40.6 Å². The maximum atomic E-state index is 13.5. The lowest BCUT2D eigenvalue weighted by Crippen LogP contribution is -2.48. The molecule has 1 aliphatic carbocycles. The molecule has 0 N–H and O–H groups in total. The van der Waals surface area contributed by atoms with Crippen LogP contribution in [0.15, 0.2) is 24.3 Å². The van der Waals surface area contributed by atoms with E-state index in [0.717, 1.165) is 50.8 Å². The van der Waals surface area contributed by atoms with Crippen LogP contribution in [0.25, 0.3) is 0 Å². The molecule has 0 aromatic heterocycles. The molecule has 2 heterocycles. The van der Waals surface area contributed by atoms with E-state index < -0.39 is 5.41 Å². The molecule has 0 radical (unpaired) electrons. The Hall–Kier alpha value is -1.91. The molecular formula is C22H29FN2O2. The molecule has 2 saturated heterocycles. The zero-order valence-corrected chi connectivity index (χ0v) is 16.3. The first-order valence-corrected chi connectivity index (χ1v) is 10.2. The summed E-state index contributed by atoms with van der Waals surface area (Å²) in [5, 5.41) is 0. The van der Waals surface area contributed by atoms with Crippen LogP contribution in [0.2, 0.25) is 0 Å². The minimum Gasteiger partial charge on any atom is -0.342 e. The molecule has 1 aromatic carbocycles. The summed E-state index contributed by atoms with van der Waals surface area (Å²) in [5.74, 6) is 0.202. The number of likely N-dealkylation sites (tertiary alicyclic amines) is 2. The first kappa shape index (κ1) is 18.5. The van der Waals surface area contributed by atoms with Crippen LogP contribution in [-0.2, 0) is 15.0 Å². The number of carbonyl (C=O) groups is 2. The minimum atomic E-state index is -0.549. The van der Waals surface area contributed by atoms with Crippen molar-refractivity contribution in [2.24, 2.45) is 11.3 Å². The summed E-state index contributed by atoms with van der Waals surface area (Å²) in [6.45, 7) is 7.28. The summed E-state index contributed by atoms with van der Waals surface area (Å²) in [6, 6.07) is 6.40.